The molecule has 0 fully saturated rings. The van der Waals surface area contributed by atoms with Crippen molar-refractivity contribution in [2.45, 2.75) is 24.8 Å². The molecule has 25 heavy (non-hydrogen) atoms. The molecule has 132 valence electrons. The average molecular weight is 385 g/mol. The molecule has 0 spiro atoms. The largest absolute Gasteiger partial charge is 0.297 e. The molecule has 3 rings (SSSR count). The molecule has 0 saturated carbocycles. The lowest BCUT2D eigenvalue weighted by Gasteiger charge is -2.07. The van der Waals surface area contributed by atoms with Gasteiger partial charge in [-0.2, -0.15) is 5.10 Å². The summed E-state index contributed by atoms with van der Waals surface area (Å²) in [5.74, 6) is 0.0201. The van der Waals surface area contributed by atoms with E-state index in [1.54, 1.807) is 0 Å². The minimum Gasteiger partial charge on any atom is -0.297 e. The summed E-state index contributed by atoms with van der Waals surface area (Å²) in [4.78, 5) is 11.8. The number of sulfonamides is 1. The van der Waals surface area contributed by atoms with Crippen molar-refractivity contribution in [2.24, 2.45) is 0 Å². The number of aromatic nitrogens is 3. The van der Waals surface area contributed by atoms with Crippen LogP contribution in [-0.4, -0.2) is 23.0 Å². The van der Waals surface area contributed by atoms with Crippen molar-refractivity contribution in [1.82, 2.24) is 19.3 Å². The van der Waals surface area contributed by atoms with Gasteiger partial charge in [-0.25, -0.2) is 22.6 Å². The average Bonchev–Trinajstić information content (AvgIpc) is 3.02. The number of hydrogen-bond acceptors (Lipinski definition) is 4. The zero-order valence-electron chi connectivity index (χ0n) is 13.1. The van der Waals surface area contributed by atoms with E-state index >= 15 is 0 Å². The third kappa shape index (κ3) is 3.44. The van der Waals surface area contributed by atoms with Crippen molar-refractivity contribution < 1.29 is 12.8 Å². The van der Waals surface area contributed by atoms with Crippen molar-refractivity contribution in [3.05, 3.63) is 63.0 Å². The number of nitrogens with one attached hydrogen (secondary N) is 2. The van der Waals surface area contributed by atoms with Crippen LogP contribution >= 0.6 is 11.6 Å². The van der Waals surface area contributed by atoms with Gasteiger partial charge in [0.25, 0.3) is 5.56 Å². The van der Waals surface area contributed by atoms with Crippen LogP contribution in [0.15, 0.2) is 40.2 Å². The molecule has 0 radical (unpaired) electrons. The Kier molecular flexibility index (Phi) is 4.63. The Balaban J connectivity index is 1.93. The van der Waals surface area contributed by atoms with E-state index in [2.05, 4.69) is 14.9 Å². The number of nitrogens with zero attached hydrogens (tertiary/aromatic N) is 2. The summed E-state index contributed by atoms with van der Waals surface area (Å²) in [6.07, 6.45) is 1.85. The number of fused-ring (bicyclic) bond motifs is 1. The lowest BCUT2D eigenvalue weighted by molar-refractivity contribution is 0.581. The minimum atomic E-state index is -3.89. The maximum atomic E-state index is 13.0. The molecular weight excluding hydrogens is 371 g/mol. The number of H-pyrrole nitrogens is 1. The number of hydrogen-bond donors (Lipinski definition) is 2. The van der Waals surface area contributed by atoms with Crippen molar-refractivity contribution >= 4 is 27.1 Å². The molecule has 0 aliphatic carbocycles. The van der Waals surface area contributed by atoms with E-state index in [1.807, 2.05) is 6.92 Å². The first kappa shape index (κ1) is 17.6. The first-order chi connectivity index (χ1) is 11.8. The Labute approximate surface area is 147 Å². The summed E-state index contributed by atoms with van der Waals surface area (Å²) >= 11 is 5.90. The van der Waals surface area contributed by atoms with Gasteiger partial charge in [-0.3, -0.25) is 9.20 Å². The summed E-state index contributed by atoms with van der Waals surface area (Å²) in [5.41, 5.74) is 0.136. The van der Waals surface area contributed by atoms with Gasteiger partial charge in [-0.1, -0.05) is 24.6 Å². The van der Waals surface area contributed by atoms with Crippen molar-refractivity contribution in [3.8, 4) is 0 Å². The Hall–Kier alpha value is -2.23. The second kappa shape index (κ2) is 6.58. The fourth-order valence-electron chi connectivity index (χ4n) is 2.37. The van der Waals surface area contributed by atoms with Gasteiger partial charge < -0.3 is 0 Å². The summed E-state index contributed by atoms with van der Waals surface area (Å²) in [5, 5.41) is 6.35. The van der Waals surface area contributed by atoms with Crippen LogP contribution in [0.25, 0.3) is 5.52 Å². The molecule has 0 amide bonds. The summed E-state index contributed by atoms with van der Waals surface area (Å²) < 4.78 is 41.9. The number of benzene rings is 1. The highest BCUT2D eigenvalue weighted by Crippen LogP contribution is 2.19. The Morgan fingerprint density at radius 3 is 2.80 bits per heavy atom. The summed E-state index contributed by atoms with van der Waals surface area (Å²) in [6.45, 7) is 1.73. The first-order valence-electron chi connectivity index (χ1n) is 7.35. The molecule has 2 heterocycles. The topological polar surface area (TPSA) is 96.3 Å². The third-order valence-corrected chi connectivity index (χ3v) is 5.41. The fraction of sp³-hybridized carbons (Fsp3) is 0.200. The molecular formula is C15H14ClFN4O3S. The molecule has 2 N–H and O–H groups in total. The third-order valence-electron chi connectivity index (χ3n) is 3.69. The molecule has 0 unspecified atom stereocenters. The second-order valence-corrected chi connectivity index (χ2v) is 7.49. The molecule has 7 nitrogen and oxygen atoms in total. The highest BCUT2D eigenvalue weighted by atomic mass is 35.5. The van der Waals surface area contributed by atoms with Crippen LogP contribution in [0.2, 0.25) is 5.02 Å². The van der Waals surface area contributed by atoms with Crippen molar-refractivity contribution in [1.29, 1.82) is 0 Å². The van der Waals surface area contributed by atoms with Gasteiger partial charge in [0, 0.05) is 24.2 Å². The highest BCUT2D eigenvalue weighted by molar-refractivity contribution is 7.89. The van der Waals surface area contributed by atoms with Gasteiger partial charge in [-0.15, -0.1) is 0 Å². The van der Waals surface area contributed by atoms with Gasteiger partial charge >= 0.3 is 0 Å². The highest BCUT2D eigenvalue weighted by Gasteiger charge is 2.19. The SMILES string of the molecule is CCc1n[nH]c(=O)c2cc(S(=O)(=O)NCc3ccc(F)cc3Cl)cn12. The van der Waals surface area contributed by atoms with Gasteiger partial charge in [0.15, 0.2) is 0 Å². The van der Waals surface area contributed by atoms with E-state index in [4.69, 9.17) is 11.6 Å². The maximum absolute atomic E-state index is 13.0. The minimum absolute atomic E-state index is 0.0704. The predicted molar refractivity (Wildman–Crippen MR) is 90.6 cm³/mol. The summed E-state index contributed by atoms with van der Waals surface area (Å²) in [6, 6.07) is 4.98. The van der Waals surface area contributed by atoms with E-state index in [9.17, 15) is 17.6 Å². The molecule has 2 aromatic heterocycles. The van der Waals surface area contributed by atoms with Gasteiger partial charge in [0.05, 0.1) is 0 Å². The van der Waals surface area contributed by atoms with Crippen LogP contribution in [0.3, 0.4) is 0 Å². The lowest BCUT2D eigenvalue weighted by Crippen LogP contribution is -2.23. The number of aryl methyl sites for hydroxylation is 1. The number of rotatable bonds is 5. The Morgan fingerprint density at radius 2 is 2.12 bits per heavy atom. The second-order valence-electron chi connectivity index (χ2n) is 5.31. The van der Waals surface area contributed by atoms with Gasteiger partial charge in [0.2, 0.25) is 10.0 Å². The van der Waals surface area contributed by atoms with Gasteiger partial charge in [-0.05, 0) is 23.8 Å². The Morgan fingerprint density at radius 1 is 1.36 bits per heavy atom. The van der Waals surface area contributed by atoms with E-state index in [-0.39, 0.29) is 22.0 Å². The molecule has 10 heteroatoms. The Bertz CT molecular complexity index is 1110. The molecule has 0 aliphatic heterocycles. The van der Waals surface area contributed by atoms with Crippen LogP contribution in [0, 0.1) is 5.82 Å². The number of aromatic amines is 1. The van der Waals surface area contributed by atoms with Crippen LogP contribution in [-0.2, 0) is 23.0 Å². The summed E-state index contributed by atoms with van der Waals surface area (Å²) in [7, 11) is -3.89. The quantitative estimate of drug-likeness (QED) is 0.701. The van der Waals surface area contributed by atoms with Gasteiger partial charge in [0.1, 0.15) is 22.1 Å². The van der Waals surface area contributed by atoms with Crippen LogP contribution in [0.5, 0.6) is 0 Å². The molecule has 0 saturated heterocycles. The monoisotopic (exact) mass is 384 g/mol. The van der Waals surface area contributed by atoms with E-state index in [1.165, 1.54) is 28.8 Å². The molecule has 0 atom stereocenters. The lowest BCUT2D eigenvalue weighted by atomic mass is 10.2. The normalized spacial score (nSPS) is 12.0. The molecule has 1 aromatic carbocycles. The van der Waals surface area contributed by atoms with E-state index in [0.717, 1.165) is 6.07 Å². The maximum Gasteiger partial charge on any atom is 0.288 e. The molecule has 0 aliphatic rings. The van der Waals surface area contributed by atoms with E-state index < -0.39 is 21.4 Å². The van der Waals surface area contributed by atoms with Crippen molar-refractivity contribution in [2.75, 3.05) is 0 Å². The zero-order chi connectivity index (χ0) is 18.2. The van der Waals surface area contributed by atoms with E-state index in [0.29, 0.717) is 17.8 Å². The number of halogens is 2. The smallest absolute Gasteiger partial charge is 0.288 e. The van der Waals surface area contributed by atoms with Crippen LogP contribution in [0.1, 0.15) is 18.3 Å². The molecule has 3 aromatic rings. The van der Waals surface area contributed by atoms with Crippen LogP contribution in [0.4, 0.5) is 4.39 Å². The van der Waals surface area contributed by atoms with Crippen molar-refractivity contribution in [3.63, 3.8) is 0 Å². The zero-order valence-corrected chi connectivity index (χ0v) is 14.7. The fourth-order valence-corrected chi connectivity index (χ4v) is 3.63. The standard InChI is InChI=1S/C15H14ClFN4O3S/c1-2-14-19-20-15(22)13-6-11(8-21(13)14)25(23,24)18-7-9-3-4-10(17)5-12(9)16/h3-6,8,18H,2,7H2,1H3,(H,20,22). The molecule has 0 bridgehead atoms. The first-order valence-corrected chi connectivity index (χ1v) is 9.21. The predicted octanol–water partition coefficient (Wildman–Crippen LogP) is 1.86. The van der Waals surface area contributed by atoms with Crippen LogP contribution < -0.4 is 10.3 Å².